The molecular weight excluding hydrogens is 268 g/mol. The van der Waals surface area contributed by atoms with Gasteiger partial charge in [-0.1, -0.05) is 32.9 Å². The molecule has 1 aromatic rings. The Hall–Kier alpha value is -1.47. The zero-order valence-corrected chi connectivity index (χ0v) is 12.0. The number of nitrogens with zero attached hydrogens (tertiary/aromatic N) is 1. The summed E-state index contributed by atoms with van der Waals surface area (Å²) >= 11 is 0. The molecule has 0 saturated carbocycles. The van der Waals surface area contributed by atoms with Crippen molar-refractivity contribution in [3.05, 3.63) is 34.4 Å². The minimum absolute atomic E-state index is 0.278. The number of hydrogen-bond donors (Lipinski definition) is 1. The number of sulfone groups is 1. The van der Waals surface area contributed by atoms with Gasteiger partial charge in [-0.3, -0.25) is 10.1 Å². The van der Waals surface area contributed by atoms with Crippen molar-refractivity contribution >= 4 is 15.5 Å². The predicted octanol–water partition coefficient (Wildman–Crippen LogP) is 1.74. The van der Waals surface area contributed by atoms with E-state index in [-0.39, 0.29) is 10.6 Å². The highest BCUT2D eigenvalue weighted by Crippen LogP contribution is 2.27. The monoisotopic (exact) mass is 286 g/mol. The van der Waals surface area contributed by atoms with E-state index in [1.807, 2.05) is 20.8 Å². The summed E-state index contributed by atoms with van der Waals surface area (Å²) in [5.74, 6) is -0.318. The zero-order chi connectivity index (χ0) is 14.8. The Morgan fingerprint density at radius 2 is 1.84 bits per heavy atom. The average Bonchev–Trinajstić information content (AvgIpc) is 2.27. The van der Waals surface area contributed by atoms with E-state index >= 15 is 0 Å². The van der Waals surface area contributed by atoms with E-state index in [0.717, 1.165) is 0 Å². The molecule has 1 unspecified atom stereocenters. The molecule has 0 aliphatic heterocycles. The number of rotatable bonds is 4. The summed E-state index contributed by atoms with van der Waals surface area (Å²) in [4.78, 5) is 9.88. The summed E-state index contributed by atoms with van der Waals surface area (Å²) in [5.41, 5.74) is 5.05. The van der Waals surface area contributed by atoms with E-state index in [2.05, 4.69) is 0 Å². The third-order valence-corrected chi connectivity index (χ3v) is 4.72. The van der Waals surface area contributed by atoms with Gasteiger partial charge < -0.3 is 5.73 Å². The van der Waals surface area contributed by atoms with Crippen molar-refractivity contribution in [3.8, 4) is 0 Å². The Bertz CT molecular complexity index is 576. The van der Waals surface area contributed by atoms with Crippen molar-refractivity contribution in [3.63, 3.8) is 0 Å². The number of nitro groups is 1. The van der Waals surface area contributed by atoms with Crippen LogP contribution >= 0.6 is 0 Å². The van der Waals surface area contributed by atoms with Gasteiger partial charge in [-0.05, 0) is 11.5 Å². The molecule has 19 heavy (non-hydrogen) atoms. The SMILES string of the molecule is CC(C)(C)C(N)CS(=O)(=O)c1ccccc1[N+](=O)[O-]. The van der Waals surface area contributed by atoms with Crippen LogP contribution in [0.4, 0.5) is 5.69 Å². The second-order valence-electron chi connectivity index (χ2n) is 5.48. The second-order valence-corrected chi connectivity index (χ2v) is 7.48. The molecule has 0 aliphatic carbocycles. The van der Waals surface area contributed by atoms with Crippen LogP contribution in [0.1, 0.15) is 20.8 Å². The van der Waals surface area contributed by atoms with Gasteiger partial charge in [0.25, 0.3) is 5.69 Å². The minimum atomic E-state index is -3.78. The van der Waals surface area contributed by atoms with Crippen molar-refractivity contribution in [2.45, 2.75) is 31.7 Å². The molecule has 1 aromatic carbocycles. The van der Waals surface area contributed by atoms with E-state index in [0.29, 0.717) is 0 Å². The first-order valence-electron chi connectivity index (χ1n) is 5.77. The molecule has 0 aliphatic rings. The third kappa shape index (κ3) is 3.74. The van der Waals surface area contributed by atoms with Crippen molar-refractivity contribution < 1.29 is 13.3 Å². The Kier molecular flexibility index (Phi) is 4.32. The first-order chi connectivity index (χ1) is 8.55. The molecule has 0 spiro atoms. The summed E-state index contributed by atoms with van der Waals surface area (Å²) in [6.07, 6.45) is 0. The van der Waals surface area contributed by atoms with Gasteiger partial charge >= 0.3 is 0 Å². The molecular formula is C12H18N2O4S. The van der Waals surface area contributed by atoms with E-state index in [9.17, 15) is 18.5 Å². The van der Waals surface area contributed by atoms with Gasteiger partial charge in [0.2, 0.25) is 0 Å². The van der Waals surface area contributed by atoms with Crippen LogP contribution in [0, 0.1) is 15.5 Å². The zero-order valence-electron chi connectivity index (χ0n) is 11.2. The molecule has 6 nitrogen and oxygen atoms in total. The van der Waals surface area contributed by atoms with E-state index in [4.69, 9.17) is 5.73 Å². The lowest BCUT2D eigenvalue weighted by atomic mass is 9.89. The number of para-hydroxylation sites is 1. The number of benzene rings is 1. The van der Waals surface area contributed by atoms with Crippen LogP contribution in [0.25, 0.3) is 0 Å². The van der Waals surface area contributed by atoms with Crippen molar-refractivity contribution in [2.75, 3.05) is 5.75 Å². The molecule has 0 radical (unpaired) electrons. The third-order valence-electron chi connectivity index (χ3n) is 2.91. The largest absolute Gasteiger partial charge is 0.326 e. The van der Waals surface area contributed by atoms with Gasteiger partial charge in [0.05, 0.1) is 10.7 Å². The molecule has 0 aromatic heterocycles. The summed E-state index contributed by atoms with van der Waals surface area (Å²) in [5, 5.41) is 10.9. The molecule has 2 N–H and O–H groups in total. The first kappa shape index (κ1) is 15.6. The van der Waals surface area contributed by atoms with Gasteiger partial charge in [0, 0.05) is 12.1 Å². The van der Waals surface area contributed by atoms with Crippen LogP contribution in [-0.2, 0) is 9.84 Å². The van der Waals surface area contributed by atoms with Gasteiger partial charge in [0.15, 0.2) is 9.84 Å². The number of hydrogen-bond acceptors (Lipinski definition) is 5. The Morgan fingerprint density at radius 3 is 2.32 bits per heavy atom. The van der Waals surface area contributed by atoms with E-state index in [1.54, 1.807) is 0 Å². The van der Waals surface area contributed by atoms with Gasteiger partial charge in [0.1, 0.15) is 4.90 Å². The fourth-order valence-electron chi connectivity index (χ4n) is 1.45. The van der Waals surface area contributed by atoms with E-state index in [1.165, 1.54) is 24.3 Å². The van der Waals surface area contributed by atoms with Gasteiger partial charge in [-0.25, -0.2) is 8.42 Å². The number of nitrogens with two attached hydrogens (primary N) is 1. The second kappa shape index (κ2) is 5.26. The van der Waals surface area contributed by atoms with Crippen LogP contribution in [0.5, 0.6) is 0 Å². The Morgan fingerprint density at radius 1 is 1.32 bits per heavy atom. The van der Waals surface area contributed by atoms with E-state index < -0.39 is 31.9 Å². The smallest absolute Gasteiger partial charge is 0.287 e. The highest BCUT2D eigenvalue weighted by atomic mass is 32.2. The fraction of sp³-hybridized carbons (Fsp3) is 0.500. The normalized spacial score (nSPS) is 14.1. The maximum atomic E-state index is 12.2. The van der Waals surface area contributed by atoms with Gasteiger partial charge in [-0.2, -0.15) is 0 Å². The lowest BCUT2D eigenvalue weighted by Crippen LogP contribution is -2.41. The molecule has 0 saturated heterocycles. The number of nitro benzene ring substituents is 1. The summed E-state index contributed by atoms with van der Waals surface area (Å²) < 4.78 is 24.5. The molecule has 7 heteroatoms. The van der Waals surface area contributed by atoms with Crippen molar-refractivity contribution in [1.82, 2.24) is 0 Å². The topological polar surface area (TPSA) is 103 Å². The highest BCUT2D eigenvalue weighted by molar-refractivity contribution is 7.91. The standard InChI is InChI=1S/C12H18N2O4S/c1-12(2,3)11(13)8-19(17,18)10-7-5-4-6-9(10)14(15)16/h4-7,11H,8,13H2,1-3H3. The molecule has 0 fully saturated rings. The highest BCUT2D eigenvalue weighted by Gasteiger charge is 2.31. The van der Waals surface area contributed by atoms with Crippen LogP contribution < -0.4 is 5.73 Å². The Balaban J connectivity index is 3.19. The first-order valence-corrected chi connectivity index (χ1v) is 7.42. The predicted molar refractivity (Wildman–Crippen MR) is 72.6 cm³/mol. The van der Waals surface area contributed by atoms with Crippen LogP contribution in [-0.4, -0.2) is 25.1 Å². The maximum Gasteiger partial charge on any atom is 0.287 e. The van der Waals surface area contributed by atoms with Gasteiger partial charge in [-0.15, -0.1) is 0 Å². The lowest BCUT2D eigenvalue weighted by Gasteiger charge is -2.26. The summed E-state index contributed by atoms with van der Waals surface area (Å²) in [6, 6.07) is 4.71. The molecule has 106 valence electrons. The molecule has 0 heterocycles. The maximum absolute atomic E-state index is 12.2. The molecule has 0 bridgehead atoms. The minimum Gasteiger partial charge on any atom is -0.326 e. The quantitative estimate of drug-likeness (QED) is 0.670. The lowest BCUT2D eigenvalue weighted by molar-refractivity contribution is -0.387. The molecule has 1 rings (SSSR count). The van der Waals surface area contributed by atoms with Crippen LogP contribution in [0.3, 0.4) is 0 Å². The summed E-state index contributed by atoms with van der Waals surface area (Å²) in [7, 11) is -3.78. The van der Waals surface area contributed by atoms with Crippen molar-refractivity contribution in [1.29, 1.82) is 0 Å². The van der Waals surface area contributed by atoms with Crippen LogP contribution in [0.15, 0.2) is 29.2 Å². The average molecular weight is 286 g/mol. The summed E-state index contributed by atoms with van der Waals surface area (Å²) in [6.45, 7) is 5.48. The van der Waals surface area contributed by atoms with Crippen molar-refractivity contribution in [2.24, 2.45) is 11.1 Å². The Labute approximate surface area is 112 Å². The molecule has 1 atom stereocenters. The fourth-order valence-corrected chi connectivity index (χ4v) is 3.35. The molecule has 0 amide bonds. The van der Waals surface area contributed by atoms with Crippen LogP contribution in [0.2, 0.25) is 0 Å².